The summed E-state index contributed by atoms with van der Waals surface area (Å²) in [5.41, 5.74) is 6.21. The van der Waals surface area contributed by atoms with Crippen LogP contribution in [0, 0.1) is 0 Å². The second kappa shape index (κ2) is 10.5. The number of hydrogen-bond donors (Lipinski definition) is 2. The maximum atomic E-state index is 11.7. The lowest BCUT2D eigenvalue weighted by molar-refractivity contribution is -0.129. The fourth-order valence-electron chi connectivity index (χ4n) is 3.86. The van der Waals surface area contributed by atoms with E-state index in [0.717, 1.165) is 64.0 Å². The van der Waals surface area contributed by atoms with Crippen LogP contribution in [0.2, 0.25) is 0 Å². The number of ether oxygens (including phenoxy) is 1. The van der Waals surface area contributed by atoms with E-state index in [2.05, 4.69) is 34.2 Å². The molecule has 1 fully saturated rings. The number of carbonyl (C=O) groups excluding carboxylic acids is 1. The summed E-state index contributed by atoms with van der Waals surface area (Å²) in [4.78, 5) is 21.1. The fourth-order valence-corrected chi connectivity index (χ4v) is 3.86. The minimum Gasteiger partial charge on any atom is -0.493 e. The monoisotopic (exact) mass is 515 g/mol. The van der Waals surface area contributed by atoms with E-state index < -0.39 is 5.54 Å². The number of halogens is 1. The number of nitrogens with zero attached hydrogens (tertiary/aromatic N) is 3. The summed E-state index contributed by atoms with van der Waals surface area (Å²) in [5.74, 6) is 2.04. The highest BCUT2D eigenvalue weighted by Gasteiger charge is 2.35. The van der Waals surface area contributed by atoms with E-state index in [1.807, 2.05) is 26.0 Å². The molecule has 1 aromatic rings. The molecule has 3 rings (SSSR count). The van der Waals surface area contributed by atoms with Gasteiger partial charge in [-0.15, -0.1) is 24.0 Å². The van der Waals surface area contributed by atoms with Gasteiger partial charge < -0.3 is 20.7 Å². The summed E-state index contributed by atoms with van der Waals surface area (Å²) in [6.45, 7) is 11.4. The Bertz CT molecular complexity index is 717. The third-order valence-corrected chi connectivity index (χ3v) is 5.85. The topological polar surface area (TPSA) is 83.2 Å². The Balaban J connectivity index is 0.00000300. The van der Waals surface area contributed by atoms with Crippen molar-refractivity contribution in [3.05, 3.63) is 29.8 Å². The lowest BCUT2D eigenvalue weighted by Crippen LogP contribution is -2.61. The number of amides is 1. The predicted octanol–water partition coefficient (Wildman–Crippen LogP) is 2.02. The molecule has 0 spiro atoms. The molecule has 3 N–H and O–H groups in total. The molecule has 2 heterocycles. The first-order chi connectivity index (χ1) is 13.4. The molecule has 162 valence electrons. The largest absolute Gasteiger partial charge is 0.493 e. The van der Waals surface area contributed by atoms with Gasteiger partial charge in [-0.05, 0) is 38.8 Å². The normalized spacial score (nSPS) is 20.3. The second-order valence-corrected chi connectivity index (χ2v) is 7.96. The second-order valence-electron chi connectivity index (χ2n) is 7.96. The smallest absolute Gasteiger partial charge is 0.237 e. The van der Waals surface area contributed by atoms with Gasteiger partial charge in [0.25, 0.3) is 0 Å². The zero-order valence-corrected chi connectivity index (χ0v) is 20.0. The van der Waals surface area contributed by atoms with E-state index in [4.69, 9.17) is 15.5 Å². The van der Waals surface area contributed by atoms with Gasteiger partial charge in [-0.3, -0.25) is 14.7 Å². The Morgan fingerprint density at radius 1 is 1.28 bits per heavy atom. The molecular weight excluding hydrogens is 481 g/mol. The summed E-state index contributed by atoms with van der Waals surface area (Å²) < 4.78 is 5.77. The number of para-hydroxylation sites is 1. The van der Waals surface area contributed by atoms with E-state index in [1.165, 1.54) is 5.56 Å². The number of nitrogens with one attached hydrogen (secondary N) is 1. The number of aliphatic imine (C=N–C) groups is 1. The van der Waals surface area contributed by atoms with Gasteiger partial charge in [-0.25, -0.2) is 0 Å². The van der Waals surface area contributed by atoms with Crippen molar-refractivity contribution in [3.8, 4) is 5.75 Å². The van der Waals surface area contributed by atoms with Crippen molar-refractivity contribution in [3.63, 3.8) is 0 Å². The Kier molecular flexibility index (Phi) is 8.57. The predicted molar refractivity (Wildman–Crippen MR) is 127 cm³/mol. The van der Waals surface area contributed by atoms with Gasteiger partial charge in [-0.2, -0.15) is 0 Å². The van der Waals surface area contributed by atoms with Crippen LogP contribution in [-0.2, 0) is 4.79 Å². The van der Waals surface area contributed by atoms with Crippen LogP contribution in [0.4, 0.5) is 0 Å². The van der Waals surface area contributed by atoms with Crippen molar-refractivity contribution in [1.82, 2.24) is 15.1 Å². The van der Waals surface area contributed by atoms with Gasteiger partial charge >= 0.3 is 0 Å². The Morgan fingerprint density at radius 3 is 2.62 bits per heavy atom. The average molecular weight is 515 g/mol. The van der Waals surface area contributed by atoms with Gasteiger partial charge in [0.05, 0.1) is 12.1 Å². The molecule has 0 radical (unpaired) electrons. The van der Waals surface area contributed by atoms with E-state index >= 15 is 0 Å². The molecule has 1 saturated heterocycles. The highest BCUT2D eigenvalue weighted by Crippen LogP contribution is 2.33. The molecule has 2 aliphatic heterocycles. The quantitative estimate of drug-likeness (QED) is 0.356. The Hall–Kier alpha value is -1.55. The number of rotatable bonds is 5. The van der Waals surface area contributed by atoms with Gasteiger partial charge in [0, 0.05) is 45.2 Å². The van der Waals surface area contributed by atoms with Crippen LogP contribution in [0.25, 0.3) is 0 Å². The molecule has 1 amide bonds. The first kappa shape index (κ1) is 23.7. The Morgan fingerprint density at radius 2 is 1.97 bits per heavy atom. The molecular formula is C21H34IN5O2. The van der Waals surface area contributed by atoms with Crippen molar-refractivity contribution in [2.75, 3.05) is 45.9 Å². The average Bonchev–Trinajstić information content (AvgIpc) is 2.71. The Labute approximate surface area is 191 Å². The molecule has 0 saturated carbocycles. The standard InChI is InChI=1S/C21H33N5O2.HI/c1-4-23-20(25-10-12-26(13-11-25)21(2,3)19(22)27)24-15-16-9-14-28-18-8-6-5-7-17(16)18;/h5-8,16H,4,9-15H2,1-3H3,(H2,22,27)(H,23,24);1H. The molecule has 0 bridgehead atoms. The molecule has 1 aromatic carbocycles. The van der Waals surface area contributed by atoms with Crippen LogP contribution < -0.4 is 15.8 Å². The fraction of sp³-hybridized carbons (Fsp3) is 0.619. The number of hydrogen-bond acceptors (Lipinski definition) is 4. The van der Waals surface area contributed by atoms with Crippen LogP contribution in [-0.4, -0.2) is 73.1 Å². The van der Waals surface area contributed by atoms with Gasteiger partial charge in [0.1, 0.15) is 5.75 Å². The zero-order chi connectivity index (χ0) is 20.1. The number of guanidine groups is 1. The third-order valence-electron chi connectivity index (χ3n) is 5.85. The van der Waals surface area contributed by atoms with E-state index in [-0.39, 0.29) is 29.9 Å². The molecule has 29 heavy (non-hydrogen) atoms. The lowest BCUT2D eigenvalue weighted by atomic mass is 9.93. The van der Waals surface area contributed by atoms with Crippen molar-refractivity contribution >= 4 is 35.8 Å². The maximum absolute atomic E-state index is 11.7. The van der Waals surface area contributed by atoms with E-state index in [0.29, 0.717) is 5.92 Å². The molecule has 1 unspecified atom stereocenters. The maximum Gasteiger partial charge on any atom is 0.237 e. The minimum atomic E-state index is -0.618. The molecule has 1 atom stereocenters. The summed E-state index contributed by atoms with van der Waals surface area (Å²) in [7, 11) is 0. The van der Waals surface area contributed by atoms with Crippen molar-refractivity contribution in [2.45, 2.75) is 38.6 Å². The highest BCUT2D eigenvalue weighted by atomic mass is 127. The number of carbonyl (C=O) groups is 1. The lowest BCUT2D eigenvalue weighted by Gasteiger charge is -2.43. The van der Waals surface area contributed by atoms with Crippen LogP contribution in [0.3, 0.4) is 0 Å². The van der Waals surface area contributed by atoms with Crippen LogP contribution in [0.1, 0.15) is 38.7 Å². The first-order valence-corrected chi connectivity index (χ1v) is 10.2. The molecule has 0 aromatic heterocycles. The van der Waals surface area contributed by atoms with E-state index in [9.17, 15) is 4.79 Å². The highest BCUT2D eigenvalue weighted by molar-refractivity contribution is 14.0. The zero-order valence-electron chi connectivity index (χ0n) is 17.7. The van der Waals surface area contributed by atoms with Crippen molar-refractivity contribution in [2.24, 2.45) is 10.7 Å². The first-order valence-electron chi connectivity index (χ1n) is 10.2. The van der Waals surface area contributed by atoms with Gasteiger partial charge in [0.2, 0.25) is 5.91 Å². The number of benzene rings is 1. The minimum absolute atomic E-state index is 0. The molecule has 8 heteroatoms. The molecule has 0 aliphatic carbocycles. The van der Waals surface area contributed by atoms with E-state index in [1.54, 1.807) is 0 Å². The summed E-state index contributed by atoms with van der Waals surface area (Å²) in [6.07, 6.45) is 0.987. The number of primary amides is 1. The SMILES string of the molecule is CCNC(=NCC1CCOc2ccccc21)N1CCN(C(C)(C)C(N)=O)CC1.I. The summed E-state index contributed by atoms with van der Waals surface area (Å²) in [6, 6.07) is 8.26. The summed E-state index contributed by atoms with van der Waals surface area (Å²) >= 11 is 0. The number of piperazine rings is 1. The number of fused-ring (bicyclic) bond motifs is 1. The van der Waals surface area contributed by atoms with Gasteiger partial charge in [0.15, 0.2) is 5.96 Å². The van der Waals surface area contributed by atoms with Crippen LogP contribution in [0.5, 0.6) is 5.75 Å². The number of nitrogens with two attached hydrogens (primary N) is 1. The molecule has 7 nitrogen and oxygen atoms in total. The third kappa shape index (κ3) is 5.53. The van der Waals surface area contributed by atoms with Gasteiger partial charge in [-0.1, -0.05) is 18.2 Å². The van der Waals surface area contributed by atoms with Crippen LogP contribution in [0.15, 0.2) is 29.3 Å². The molecule has 2 aliphatic rings. The summed E-state index contributed by atoms with van der Waals surface area (Å²) in [5, 5.41) is 3.43. The van der Waals surface area contributed by atoms with Crippen molar-refractivity contribution < 1.29 is 9.53 Å². The van der Waals surface area contributed by atoms with Crippen LogP contribution >= 0.6 is 24.0 Å². The van der Waals surface area contributed by atoms with Crippen molar-refractivity contribution in [1.29, 1.82) is 0 Å².